The molecule has 17 heteroatoms. The number of aliphatic hydroxyl groups excluding tert-OH is 1. The normalized spacial score (nSPS) is 24.8. The van der Waals surface area contributed by atoms with E-state index in [1.54, 1.807) is 39.8 Å². The molecule has 0 spiro atoms. The van der Waals surface area contributed by atoms with Gasteiger partial charge < -0.3 is 47.4 Å². The molecule has 0 saturated heterocycles. The molecule has 9 N–H and O–H groups in total. The third-order valence-electron chi connectivity index (χ3n) is 8.76. The summed E-state index contributed by atoms with van der Waals surface area (Å²) in [6, 6.07) is -0.630. The Balaban J connectivity index is 2.60. The number of carbonyl (C=O) groups is 7. The highest BCUT2D eigenvalue weighted by molar-refractivity contribution is 5.97. The molecule has 0 saturated carbocycles. The van der Waals surface area contributed by atoms with Crippen molar-refractivity contribution >= 4 is 48.1 Å². The largest absolute Gasteiger partial charge is 0.508 e. The minimum absolute atomic E-state index is 0.00802. The smallest absolute Gasteiger partial charge is 0.245 e. The average Bonchev–Trinajstić information content (AvgIpc) is 3.11. The molecule has 0 aromatic heterocycles. The maximum absolute atomic E-state index is 13.7. The first-order chi connectivity index (χ1) is 25.1. The van der Waals surface area contributed by atoms with Crippen molar-refractivity contribution in [3.8, 4) is 5.75 Å². The number of rotatable bonds is 12. The lowest BCUT2D eigenvalue weighted by molar-refractivity contribution is -0.136. The SMILES string of the molecule is CC[C@H](C)[C@@H]1NC(=O)C(CCNC=O)NC(=O)CNC(=O)[C@H](Cc2ccc(O)cc2)N=C[C@H](CC(C)C)NC(=O)[C@H](C(C)C)NC(=O)[C@H](CO)NC1=O. The first-order valence-corrected chi connectivity index (χ1v) is 18.0. The minimum atomic E-state index is -1.48. The number of carbonyl (C=O) groups excluding carboxylic acids is 7. The number of aliphatic hydroxyl groups is 1. The minimum Gasteiger partial charge on any atom is -0.508 e. The van der Waals surface area contributed by atoms with Gasteiger partial charge in [-0.2, -0.15) is 0 Å². The molecule has 2 rings (SSSR count). The molecule has 53 heavy (non-hydrogen) atoms. The van der Waals surface area contributed by atoms with E-state index in [1.807, 2.05) is 13.8 Å². The van der Waals surface area contributed by atoms with Crippen LogP contribution >= 0.6 is 0 Å². The molecule has 1 heterocycles. The van der Waals surface area contributed by atoms with E-state index in [1.165, 1.54) is 18.3 Å². The molecule has 0 aliphatic carbocycles. The van der Waals surface area contributed by atoms with Crippen LogP contribution in [0.1, 0.15) is 66.4 Å². The molecular weight excluding hydrogens is 688 g/mol. The molecule has 1 aromatic carbocycles. The summed E-state index contributed by atoms with van der Waals surface area (Å²) >= 11 is 0. The van der Waals surface area contributed by atoms with Crippen LogP contribution in [0.5, 0.6) is 5.75 Å². The van der Waals surface area contributed by atoms with E-state index in [-0.39, 0.29) is 31.1 Å². The maximum Gasteiger partial charge on any atom is 0.245 e. The maximum atomic E-state index is 13.7. The number of hydrogen-bond acceptors (Lipinski definition) is 10. The summed E-state index contributed by atoms with van der Waals surface area (Å²) in [6.07, 6.45) is 2.71. The Morgan fingerprint density at radius 2 is 1.45 bits per heavy atom. The fraction of sp³-hybridized carbons (Fsp3) is 0.611. The van der Waals surface area contributed by atoms with Crippen molar-refractivity contribution in [3.63, 3.8) is 0 Å². The Morgan fingerprint density at radius 3 is 2.04 bits per heavy atom. The third-order valence-corrected chi connectivity index (χ3v) is 8.76. The number of amides is 7. The van der Waals surface area contributed by atoms with Gasteiger partial charge in [0, 0.05) is 19.2 Å². The van der Waals surface area contributed by atoms with Gasteiger partial charge in [0.05, 0.1) is 19.2 Å². The summed E-state index contributed by atoms with van der Waals surface area (Å²) in [5.74, 6) is -5.12. The van der Waals surface area contributed by atoms with Crippen LogP contribution in [-0.4, -0.2) is 114 Å². The lowest BCUT2D eigenvalue weighted by atomic mass is 9.97. The van der Waals surface area contributed by atoms with Gasteiger partial charge in [-0.15, -0.1) is 0 Å². The highest BCUT2D eigenvalue weighted by Crippen LogP contribution is 2.14. The predicted molar refractivity (Wildman–Crippen MR) is 196 cm³/mol. The summed E-state index contributed by atoms with van der Waals surface area (Å²) in [5.41, 5.74) is 0.652. The summed E-state index contributed by atoms with van der Waals surface area (Å²) in [5, 5.41) is 38.0. The number of nitrogens with zero attached hydrogens (tertiary/aromatic N) is 1. The van der Waals surface area contributed by atoms with Crippen LogP contribution in [-0.2, 0) is 40.0 Å². The van der Waals surface area contributed by atoms with Crippen molar-refractivity contribution < 1.29 is 43.8 Å². The standard InChI is InChI=1S/C36H56N8O9/c1-7-22(6)31-36(53)42-28(18-45)34(51)43-30(21(4)5)35(52)40-24(14-20(2)3)16-38-27(15-23-8-10-25(47)11-9-23)32(49)39-17-29(48)41-26(33(50)44-31)12-13-37-19-46/h8-11,16,19-22,24,26-28,30-31,45,47H,7,12-15,17-18H2,1-6H3,(H,37,46)(H,39,49)(H,40,52)(H,41,48)(H,42,53)(H,43,51)(H,44,50)/t22-,24-,26?,27-,28-,30-,31-/m0/s1. The second-order valence-corrected chi connectivity index (χ2v) is 14.0. The van der Waals surface area contributed by atoms with Crippen LogP contribution < -0.4 is 37.2 Å². The van der Waals surface area contributed by atoms with Crippen LogP contribution in [0.15, 0.2) is 29.3 Å². The van der Waals surface area contributed by atoms with Gasteiger partial charge in [-0.05, 0) is 48.3 Å². The second kappa shape index (κ2) is 22.1. The van der Waals surface area contributed by atoms with Gasteiger partial charge in [0.1, 0.15) is 36.0 Å². The van der Waals surface area contributed by atoms with Gasteiger partial charge in [-0.3, -0.25) is 38.6 Å². The van der Waals surface area contributed by atoms with E-state index in [9.17, 15) is 43.8 Å². The van der Waals surface area contributed by atoms with Gasteiger partial charge in [0.15, 0.2) is 0 Å². The molecule has 0 bridgehead atoms. The lowest BCUT2D eigenvalue weighted by Crippen LogP contribution is -2.61. The van der Waals surface area contributed by atoms with Crippen LogP contribution in [0, 0.1) is 17.8 Å². The Bertz CT molecular complexity index is 1440. The summed E-state index contributed by atoms with van der Waals surface area (Å²) in [4.78, 5) is 96.3. The molecule has 0 radical (unpaired) electrons. The predicted octanol–water partition coefficient (Wildman–Crippen LogP) is -1.20. The van der Waals surface area contributed by atoms with Crippen LogP contribution in [0.4, 0.5) is 0 Å². The summed E-state index contributed by atoms with van der Waals surface area (Å²) < 4.78 is 0. The third kappa shape index (κ3) is 14.8. The molecule has 7 atom stereocenters. The second-order valence-electron chi connectivity index (χ2n) is 14.0. The van der Waals surface area contributed by atoms with Crippen molar-refractivity contribution in [1.82, 2.24) is 37.2 Å². The Morgan fingerprint density at radius 1 is 0.830 bits per heavy atom. The Labute approximate surface area is 310 Å². The van der Waals surface area contributed by atoms with E-state index in [0.29, 0.717) is 24.8 Å². The van der Waals surface area contributed by atoms with Crippen LogP contribution in [0.25, 0.3) is 0 Å². The van der Waals surface area contributed by atoms with Crippen LogP contribution in [0.2, 0.25) is 0 Å². The molecule has 1 unspecified atom stereocenters. The zero-order chi connectivity index (χ0) is 39.7. The Kier molecular flexibility index (Phi) is 18.4. The van der Waals surface area contributed by atoms with E-state index in [0.717, 1.165) is 0 Å². The van der Waals surface area contributed by atoms with Crippen molar-refractivity contribution in [3.05, 3.63) is 29.8 Å². The molecule has 1 aromatic rings. The molecule has 17 nitrogen and oxygen atoms in total. The van der Waals surface area contributed by atoms with Crippen LogP contribution in [0.3, 0.4) is 0 Å². The highest BCUT2D eigenvalue weighted by Gasteiger charge is 2.34. The van der Waals surface area contributed by atoms with E-state index >= 15 is 0 Å². The summed E-state index contributed by atoms with van der Waals surface area (Å²) in [7, 11) is 0. The molecular formula is C36H56N8O9. The Hall–Kier alpha value is -5.06. The van der Waals surface area contributed by atoms with Gasteiger partial charge in [0.2, 0.25) is 41.9 Å². The molecule has 294 valence electrons. The molecule has 1 aliphatic rings. The summed E-state index contributed by atoms with van der Waals surface area (Å²) in [6.45, 7) is 9.41. The molecule has 1 aliphatic heterocycles. The zero-order valence-corrected chi connectivity index (χ0v) is 31.3. The average molecular weight is 745 g/mol. The zero-order valence-electron chi connectivity index (χ0n) is 31.3. The number of phenols is 1. The number of aliphatic imine (C=N–C) groups is 1. The fourth-order valence-corrected chi connectivity index (χ4v) is 5.50. The van der Waals surface area contributed by atoms with Gasteiger partial charge in [-0.1, -0.05) is 60.1 Å². The van der Waals surface area contributed by atoms with E-state index < -0.39 is 96.7 Å². The van der Waals surface area contributed by atoms with Gasteiger partial charge >= 0.3 is 0 Å². The van der Waals surface area contributed by atoms with E-state index in [4.69, 9.17) is 0 Å². The fourth-order valence-electron chi connectivity index (χ4n) is 5.50. The number of hydrogen-bond donors (Lipinski definition) is 9. The topological polar surface area (TPSA) is 257 Å². The lowest BCUT2D eigenvalue weighted by Gasteiger charge is -2.29. The monoisotopic (exact) mass is 744 g/mol. The van der Waals surface area contributed by atoms with Gasteiger partial charge in [0.25, 0.3) is 0 Å². The molecule has 7 amide bonds. The number of aromatic hydroxyl groups is 1. The van der Waals surface area contributed by atoms with Crippen molar-refractivity contribution in [2.24, 2.45) is 22.7 Å². The van der Waals surface area contributed by atoms with Crippen molar-refractivity contribution in [1.29, 1.82) is 0 Å². The quantitative estimate of drug-likeness (QED) is 0.0920. The van der Waals surface area contributed by atoms with Gasteiger partial charge in [-0.25, -0.2) is 0 Å². The first kappa shape index (κ1) is 44.1. The van der Waals surface area contributed by atoms with E-state index in [2.05, 4.69) is 42.2 Å². The number of benzene rings is 1. The first-order valence-electron chi connectivity index (χ1n) is 18.0. The molecule has 0 fully saturated rings. The highest BCUT2D eigenvalue weighted by atomic mass is 16.3. The van der Waals surface area contributed by atoms with Crippen molar-refractivity contribution in [2.75, 3.05) is 19.7 Å². The van der Waals surface area contributed by atoms with Crippen molar-refractivity contribution in [2.45, 2.75) is 103 Å². The number of phenolic OH excluding ortho intramolecular Hbond substituents is 1. The number of nitrogens with one attached hydrogen (secondary N) is 7.